The van der Waals surface area contributed by atoms with Crippen LogP contribution >= 0.6 is 0 Å². The van der Waals surface area contributed by atoms with Crippen molar-refractivity contribution in [1.29, 1.82) is 0 Å². The number of carbonyl (C=O) groups excluding carboxylic acids is 1. The predicted molar refractivity (Wildman–Crippen MR) is 75.7 cm³/mol. The minimum Gasteiger partial charge on any atom is -0.438 e. The highest BCUT2D eigenvalue weighted by Gasteiger charge is 2.24. The summed E-state index contributed by atoms with van der Waals surface area (Å²) < 4.78 is 9.30. The molecule has 0 N–H and O–H groups in total. The summed E-state index contributed by atoms with van der Waals surface area (Å²) in [5.41, 5.74) is 0. The summed E-state index contributed by atoms with van der Waals surface area (Å²) in [5, 5.41) is 2.66. The van der Waals surface area contributed by atoms with Crippen LogP contribution in [0.2, 0.25) is 13.1 Å². The van der Waals surface area contributed by atoms with Crippen LogP contribution in [0.25, 0.3) is 0 Å². The molecule has 0 unspecified atom stereocenters. The van der Waals surface area contributed by atoms with E-state index in [0.717, 1.165) is 0 Å². The quantitative estimate of drug-likeness (QED) is 0.619. The van der Waals surface area contributed by atoms with Crippen LogP contribution in [-0.4, -0.2) is 27.9 Å². The van der Waals surface area contributed by atoms with E-state index in [-0.39, 0.29) is 6.61 Å². The summed E-state index contributed by atoms with van der Waals surface area (Å²) in [7, 11) is -0.329. The number of rotatable bonds is 4. The Labute approximate surface area is 109 Å². The summed E-state index contributed by atoms with van der Waals surface area (Å²) >= 11 is 0. The zero-order chi connectivity index (χ0) is 13.6. The zero-order valence-electron chi connectivity index (χ0n) is 11.4. The first kappa shape index (κ1) is 14.5. The van der Waals surface area contributed by atoms with Crippen molar-refractivity contribution in [3.05, 3.63) is 41.6 Å². The average Bonchev–Trinajstić information content (AvgIpc) is 2.39. The van der Waals surface area contributed by atoms with Crippen LogP contribution in [0.15, 0.2) is 41.6 Å². The maximum atomic E-state index is 10.9. The molecule has 0 atom stereocenters. The van der Waals surface area contributed by atoms with Gasteiger partial charge >= 0.3 is 6.16 Å². The van der Waals surface area contributed by atoms with Crippen molar-refractivity contribution in [2.45, 2.75) is 20.0 Å². The lowest BCUT2D eigenvalue weighted by molar-refractivity contribution is 0.0817. The van der Waals surface area contributed by atoms with E-state index in [1.165, 1.54) is 17.5 Å². The first-order valence-electron chi connectivity index (χ1n) is 5.92. The minimum absolute atomic E-state index is 0.266. The fraction of sp³-hybridized carbons (Fsp3) is 0.357. The van der Waals surface area contributed by atoms with Crippen LogP contribution in [0, 0.1) is 0 Å². The van der Waals surface area contributed by atoms with E-state index in [2.05, 4.69) is 49.0 Å². The second-order valence-electron chi connectivity index (χ2n) is 4.64. The number of benzene rings is 1. The fourth-order valence-electron chi connectivity index (χ4n) is 1.63. The molecule has 1 aromatic carbocycles. The molecule has 0 aromatic heterocycles. The van der Waals surface area contributed by atoms with Crippen molar-refractivity contribution >= 4 is 19.4 Å². The first-order valence-corrected chi connectivity index (χ1v) is 8.92. The van der Waals surface area contributed by atoms with E-state index in [0.29, 0.717) is 0 Å². The number of ether oxygens (including phenoxy) is 2. The van der Waals surface area contributed by atoms with Gasteiger partial charge in [0.1, 0.15) is 14.7 Å². The Morgan fingerprint density at radius 3 is 2.44 bits per heavy atom. The van der Waals surface area contributed by atoms with E-state index in [4.69, 9.17) is 4.74 Å². The van der Waals surface area contributed by atoms with Gasteiger partial charge in [0.15, 0.2) is 0 Å². The van der Waals surface area contributed by atoms with Gasteiger partial charge in [-0.1, -0.05) is 59.9 Å². The molecular formula is C14H20O3Si. The largest absolute Gasteiger partial charge is 0.508 e. The molecule has 0 fully saturated rings. The fourth-order valence-corrected chi connectivity index (χ4v) is 3.71. The highest BCUT2D eigenvalue weighted by atomic mass is 28.3. The van der Waals surface area contributed by atoms with Gasteiger partial charge in [0.2, 0.25) is 0 Å². The van der Waals surface area contributed by atoms with Gasteiger partial charge < -0.3 is 9.47 Å². The Balaban J connectivity index is 2.73. The Bertz CT molecular complexity index is 424. The molecule has 0 radical (unpaired) electrons. The summed E-state index contributed by atoms with van der Waals surface area (Å²) in [4.78, 5) is 10.9. The molecule has 0 aliphatic rings. The molecule has 3 nitrogen and oxygen atoms in total. The smallest absolute Gasteiger partial charge is 0.438 e. The molecule has 0 saturated heterocycles. The molecule has 0 aliphatic carbocycles. The van der Waals surface area contributed by atoms with Crippen molar-refractivity contribution in [2.24, 2.45) is 0 Å². The zero-order valence-corrected chi connectivity index (χ0v) is 12.4. The van der Waals surface area contributed by atoms with Gasteiger partial charge in [0.05, 0.1) is 7.11 Å². The maximum absolute atomic E-state index is 10.9. The predicted octanol–water partition coefficient (Wildman–Crippen LogP) is 2.87. The van der Waals surface area contributed by atoms with Crippen LogP contribution in [0.3, 0.4) is 0 Å². The molecule has 0 amide bonds. The molecule has 0 heterocycles. The Hall–Kier alpha value is -1.55. The molecule has 1 rings (SSSR count). The van der Waals surface area contributed by atoms with E-state index in [1.54, 1.807) is 0 Å². The highest BCUT2D eigenvalue weighted by molar-refractivity contribution is 6.95. The molecule has 1 aromatic rings. The molecule has 4 heteroatoms. The number of hydrogen-bond donors (Lipinski definition) is 0. The number of allylic oxidation sites excluding steroid dienone is 1. The van der Waals surface area contributed by atoms with E-state index in [9.17, 15) is 4.79 Å². The standard InChI is InChI=1S/C14H20O3Si/c1-12(10-11-17-14(15)16-2)18(3,4)13-8-6-5-7-9-13/h5-10H,11H2,1-4H3/b12-10+. The summed E-state index contributed by atoms with van der Waals surface area (Å²) in [5.74, 6) is 0. The topological polar surface area (TPSA) is 35.5 Å². The van der Waals surface area contributed by atoms with Crippen molar-refractivity contribution in [1.82, 2.24) is 0 Å². The SMILES string of the molecule is COC(=O)OC/C=C(\C)[Si](C)(C)c1ccccc1. The van der Waals surface area contributed by atoms with Crippen molar-refractivity contribution < 1.29 is 14.3 Å². The average molecular weight is 264 g/mol. The Morgan fingerprint density at radius 2 is 1.89 bits per heavy atom. The summed E-state index contributed by atoms with van der Waals surface area (Å²) in [6.07, 6.45) is 1.33. The molecule has 0 aliphatic heterocycles. The van der Waals surface area contributed by atoms with Crippen molar-refractivity contribution in [3.8, 4) is 0 Å². The minimum atomic E-state index is -1.64. The molecule has 0 bridgehead atoms. The maximum Gasteiger partial charge on any atom is 0.508 e. The third kappa shape index (κ3) is 3.73. The van der Waals surface area contributed by atoms with E-state index >= 15 is 0 Å². The third-order valence-electron chi connectivity index (χ3n) is 3.24. The molecular weight excluding hydrogens is 244 g/mol. The second-order valence-corrected chi connectivity index (χ2v) is 9.26. The third-order valence-corrected chi connectivity index (χ3v) is 7.19. The lowest BCUT2D eigenvalue weighted by atomic mass is 10.4. The van der Waals surface area contributed by atoms with Gasteiger partial charge in [0, 0.05) is 0 Å². The monoisotopic (exact) mass is 264 g/mol. The van der Waals surface area contributed by atoms with Crippen LogP contribution < -0.4 is 5.19 Å². The highest BCUT2D eigenvalue weighted by Crippen LogP contribution is 2.14. The first-order chi connectivity index (χ1) is 8.48. The van der Waals surface area contributed by atoms with Gasteiger partial charge in [-0.2, -0.15) is 0 Å². The van der Waals surface area contributed by atoms with E-state index < -0.39 is 14.2 Å². The lowest BCUT2D eigenvalue weighted by Crippen LogP contribution is -2.43. The van der Waals surface area contributed by atoms with Gasteiger partial charge in [-0.15, -0.1) is 0 Å². The Kier molecular flexibility index (Phi) is 5.16. The lowest BCUT2D eigenvalue weighted by Gasteiger charge is -2.24. The normalized spacial score (nSPS) is 12.1. The van der Waals surface area contributed by atoms with Crippen molar-refractivity contribution in [2.75, 3.05) is 13.7 Å². The summed E-state index contributed by atoms with van der Waals surface area (Å²) in [6.45, 7) is 6.93. The summed E-state index contributed by atoms with van der Waals surface area (Å²) in [6, 6.07) is 10.5. The van der Waals surface area contributed by atoms with Crippen LogP contribution in [0.1, 0.15) is 6.92 Å². The van der Waals surface area contributed by atoms with Gasteiger partial charge in [-0.05, 0) is 6.92 Å². The second kappa shape index (κ2) is 6.40. The van der Waals surface area contributed by atoms with Crippen LogP contribution in [0.5, 0.6) is 0 Å². The number of carbonyl (C=O) groups is 1. The number of methoxy groups -OCH3 is 1. The number of hydrogen-bond acceptors (Lipinski definition) is 3. The van der Waals surface area contributed by atoms with Crippen LogP contribution in [-0.2, 0) is 9.47 Å². The van der Waals surface area contributed by atoms with E-state index in [1.807, 2.05) is 12.1 Å². The molecule has 0 saturated carbocycles. The van der Waals surface area contributed by atoms with Crippen LogP contribution in [0.4, 0.5) is 4.79 Å². The Morgan fingerprint density at radius 1 is 1.28 bits per heavy atom. The van der Waals surface area contributed by atoms with Gasteiger partial charge in [0.25, 0.3) is 0 Å². The molecule has 18 heavy (non-hydrogen) atoms. The van der Waals surface area contributed by atoms with Gasteiger partial charge in [-0.25, -0.2) is 4.79 Å². The molecule has 98 valence electrons. The van der Waals surface area contributed by atoms with Crippen molar-refractivity contribution in [3.63, 3.8) is 0 Å². The molecule has 0 spiro atoms. The van der Waals surface area contributed by atoms with Gasteiger partial charge in [-0.3, -0.25) is 0 Å².